The van der Waals surface area contributed by atoms with Crippen molar-refractivity contribution >= 4 is 6.03 Å². The van der Waals surface area contributed by atoms with Gasteiger partial charge in [-0.25, -0.2) is 14.5 Å². The normalized spacial score (nSPS) is 16.2. The van der Waals surface area contributed by atoms with Crippen molar-refractivity contribution in [2.45, 2.75) is 25.4 Å². The van der Waals surface area contributed by atoms with Crippen molar-refractivity contribution in [3.05, 3.63) is 42.4 Å². The Balaban J connectivity index is 1.50. The zero-order chi connectivity index (χ0) is 16.1. The summed E-state index contributed by atoms with van der Waals surface area (Å²) >= 11 is 0. The number of nitrogens with zero attached hydrogens (tertiary/aromatic N) is 4. The second-order valence-corrected chi connectivity index (χ2v) is 5.88. The van der Waals surface area contributed by atoms with E-state index in [0.29, 0.717) is 6.54 Å². The number of urea groups is 1. The van der Waals surface area contributed by atoms with E-state index in [9.17, 15) is 4.79 Å². The van der Waals surface area contributed by atoms with Gasteiger partial charge >= 0.3 is 6.03 Å². The fraction of sp³-hybridized carbons (Fsp3) is 0.438. The highest BCUT2D eigenvalue weighted by Crippen LogP contribution is 2.08. The quantitative estimate of drug-likeness (QED) is 0.888. The average Bonchev–Trinajstić information content (AvgIpc) is 3.10. The molecule has 0 saturated carbocycles. The molecule has 1 aliphatic heterocycles. The van der Waals surface area contributed by atoms with Gasteiger partial charge in [0.1, 0.15) is 0 Å². The van der Waals surface area contributed by atoms with Gasteiger partial charge < -0.3 is 15.5 Å². The van der Waals surface area contributed by atoms with Gasteiger partial charge in [0.25, 0.3) is 0 Å². The molecule has 122 valence electrons. The van der Waals surface area contributed by atoms with Crippen molar-refractivity contribution in [1.82, 2.24) is 30.3 Å². The summed E-state index contributed by atoms with van der Waals surface area (Å²) in [7, 11) is 2.11. The van der Waals surface area contributed by atoms with E-state index >= 15 is 0 Å². The molecule has 0 unspecified atom stereocenters. The summed E-state index contributed by atoms with van der Waals surface area (Å²) in [5, 5.41) is 10.1. The lowest BCUT2D eigenvalue weighted by Crippen LogP contribution is -2.46. The lowest BCUT2D eigenvalue weighted by molar-refractivity contribution is 0.213. The van der Waals surface area contributed by atoms with E-state index < -0.39 is 0 Å². The number of aromatic nitrogens is 3. The molecular formula is C16H22N6O. The third kappa shape index (κ3) is 4.29. The van der Waals surface area contributed by atoms with Gasteiger partial charge in [-0.3, -0.25) is 0 Å². The lowest BCUT2D eigenvalue weighted by atomic mass is 10.1. The van der Waals surface area contributed by atoms with Crippen LogP contribution in [0.2, 0.25) is 0 Å². The molecule has 0 aromatic carbocycles. The third-order valence-electron chi connectivity index (χ3n) is 4.06. The van der Waals surface area contributed by atoms with Crippen molar-refractivity contribution in [2.75, 3.05) is 20.1 Å². The van der Waals surface area contributed by atoms with Crippen LogP contribution in [-0.2, 0) is 6.54 Å². The number of nitrogens with one attached hydrogen (secondary N) is 2. The summed E-state index contributed by atoms with van der Waals surface area (Å²) in [6, 6.07) is 5.81. The van der Waals surface area contributed by atoms with E-state index in [1.807, 2.05) is 24.4 Å². The van der Waals surface area contributed by atoms with Crippen LogP contribution in [0.25, 0.3) is 5.82 Å². The van der Waals surface area contributed by atoms with Crippen LogP contribution in [0.4, 0.5) is 4.79 Å². The number of carbonyl (C=O) groups is 1. The Labute approximate surface area is 135 Å². The molecule has 0 bridgehead atoms. The molecular weight excluding hydrogens is 292 g/mol. The fourth-order valence-corrected chi connectivity index (χ4v) is 2.67. The van der Waals surface area contributed by atoms with Gasteiger partial charge in [0.2, 0.25) is 0 Å². The molecule has 2 aromatic rings. The Hall–Kier alpha value is -2.41. The molecule has 7 nitrogen and oxygen atoms in total. The van der Waals surface area contributed by atoms with Crippen molar-refractivity contribution in [3.63, 3.8) is 0 Å². The Morgan fingerprint density at radius 2 is 2.17 bits per heavy atom. The number of carbonyl (C=O) groups excluding carboxylic acids is 1. The first-order chi connectivity index (χ1) is 11.2. The number of pyridine rings is 1. The maximum atomic E-state index is 12.0. The molecule has 2 amide bonds. The first-order valence-electron chi connectivity index (χ1n) is 7.88. The van der Waals surface area contributed by atoms with Crippen LogP contribution in [0.15, 0.2) is 36.8 Å². The molecule has 1 fully saturated rings. The molecule has 0 radical (unpaired) electrons. The number of amides is 2. The van der Waals surface area contributed by atoms with Gasteiger partial charge in [0, 0.05) is 31.2 Å². The summed E-state index contributed by atoms with van der Waals surface area (Å²) in [5.41, 5.74) is 0.990. The molecule has 2 N–H and O–H groups in total. The topological polar surface area (TPSA) is 75.1 Å². The summed E-state index contributed by atoms with van der Waals surface area (Å²) < 4.78 is 1.70. The molecule has 3 rings (SSSR count). The first kappa shape index (κ1) is 15.5. The molecule has 1 saturated heterocycles. The summed E-state index contributed by atoms with van der Waals surface area (Å²) in [4.78, 5) is 18.6. The minimum atomic E-state index is -0.114. The highest BCUT2D eigenvalue weighted by atomic mass is 16.2. The van der Waals surface area contributed by atoms with Crippen molar-refractivity contribution in [2.24, 2.45) is 0 Å². The van der Waals surface area contributed by atoms with Gasteiger partial charge in [-0.15, -0.1) is 0 Å². The molecule has 23 heavy (non-hydrogen) atoms. The van der Waals surface area contributed by atoms with Crippen molar-refractivity contribution < 1.29 is 4.79 Å². The van der Waals surface area contributed by atoms with Crippen LogP contribution in [0.5, 0.6) is 0 Å². The Bertz CT molecular complexity index is 634. The van der Waals surface area contributed by atoms with Crippen molar-refractivity contribution in [3.8, 4) is 5.82 Å². The standard InChI is InChI=1S/C16H22N6O/c1-21-9-4-14(5-10-21)20-16(23)18-12-13-3-7-17-15(11-13)22-8-2-6-19-22/h2-3,6-8,11,14H,4-5,9-10,12H2,1H3,(H2,18,20,23). The maximum Gasteiger partial charge on any atom is 0.315 e. The zero-order valence-corrected chi connectivity index (χ0v) is 13.3. The average molecular weight is 314 g/mol. The second kappa shape index (κ2) is 7.23. The molecule has 3 heterocycles. The van der Waals surface area contributed by atoms with Crippen LogP contribution in [-0.4, -0.2) is 51.9 Å². The molecule has 7 heteroatoms. The number of likely N-dealkylation sites (tertiary alicyclic amines) is 1. The molecule has 0 aliphatic carbocycles. The first-order valence-corrected chi connectivity index (χ1v) is 7.88. The largest absolute Gasteiger partial charge is 0.335 e. The van der Waals surface area contributed by atoms with Gasteiger partial charge in [-0.1, -0.05) is 0 Å². The van der Waals surface area contributed by atoms with Gasteiger partial charge in [0.05, 0.1) is 0 Å². The fourth-order valence-electron chi connectivity index (χ4n) is 2.67. The van der Waals surface area contributed by atoms with E-state index in [1.54, 1.807) is 17.1 Å². The summed E-state index contributed by atoms with van der Waals surface area (Å²) in [5.74, 6) is 0.741. The predicted octanol–water partition coefficient (Wildman–Crippen LogP) is 1.16. The van der Waals surface area contributed by atoms with Gasteiger partial charge in [-0.2, -0.15) is 5.10 Å². The molecule has 0 atom stereocenters. The number of rotatable bonds is 4. The van der Waals surface area contributed by atoms with Crippen LogP contribution >= 0.6 is 0 Å². The molecule has 1 aliphatic rings. The van der Waals surface area contributed by atoms with Crippen LogP contribution in [0.1, 0.15) is 18.4 Å². The molecule has 2 aromatic heterocycles. The monoisotopic (exact) mass is 314 g/mol. The highest BCUT2D eigenvalue weighted by molar-refractivity contribution is 5.74. The van der Waals surface area contributed by atoms with Gasteiger partial charge in [-0.05, 0) is 56.7 Å². The SMILES string of the molecule is CN1CCC(NC(=O)NCc2ccnc(-n3cccn3)c2)CC1. The molecule has 0 spiro atoms. The second-order valence-electron chi connectivity index (χ2n) is 5.88. The minimum Gasteiger partial charge on any atom is -0.335 e. The third-order valence-corrected chi connectivity index (χ3v) is 4.06. The summed E-state index contributed by atoms with van der Waals surface area (Å²) in [6.45, 7) is 2.53. The number of hydrogen-bond acceptors (Lipinski definition) is 4. The maximum absolute atomic E-state index is 12.0. The Morgan fingerprint density at radius 1 is 1.35 bits per heavy atom. The number of hydrogen-bond donors (Lipinski definition) is 2. The summed E-state index contributed by atoms with van der Waals surface area (Å²) in [6.07, 6.45) is 7.28. The van der Waals surface area contributed by atoms with E-state index in [-0.39, 0.29) is 12.1 Å². The highest BCUT2D eigenvalue weighted by Gasteiger charge is 2.18. The minimum absolute atomic E-state index is 0.114. The van der Waals surface area contributed by atoms with E-state index in [4.69, 9.17) is 0 Å². The van der Waals surface area contributed by atoms with E-state index in [0.717, 1.165) is 37.3 Å². The number of piperidine rings is 1. The van der Waals surface area contributed by atoms with Crippen LogP contribution in [0, 0.1) is 0 Å². The van der Waals surface area contributed by atoms with Gasteiger partial charge in [0.15, 0.2) is 5.82 Å². The lowest BCUT2D eigenvalue weighted by Gasteiger charge is -2.29. The van der Waals surface area contributed by atoms with Crippen LogP contribution in [0.3, 0.4) is 0 Å². The zero-order valence-electron chi connectivity index (χ0n) is 13.3. The predicted molar refractivity (Wildman–Crippen MR) is 87.2 cm³/mol. The van der Waals surface area contributed by atoms with E-state index in [1.165, 1.54) is 0 Å². The Kier molecular flexibility index (Phi) is 4.87. The van der Waals surface area contributed by atoms with Crippen LogP contribution < -0.4 is 10.6 Å². The Morgan fingerprint density at radius 3 is 2.91 bits per heavy atom. The smallest absolute Gasteiger partial charge is 0.315 e. The van der Waals surface area contributed by atoms with Crippen molar-refractivity contribution in [1.29, 1.82) is 0 Å². The van der Waals surface area contributed by atoms with E-state index in [2.05, 4.69) is 32.7 Å².